The molecule has 0 aliphatic heterocycles. The third kappa shape index (κ3) is 3.40. The van der Waals surface area contributed by atoms with Crippen LogP contribution in [-0.2, 0) is 12.8 Å². The molecule has 0 fully saturated rings. The molecule has 0 saturated carbocycles. The van der Waals surface area contributed by atoms with Crippen LogP contribution in [0.5, 0.6) is 0 Å². The Morgan fingerprint density at radius 3 is 1.69 bits per heavy atom. The van der Waals surface area contributed by atoms with Gasteiger partial charge in [0.1, 0.15) is 11.2 Å². The molecule has 1 aliphatic rings. The summed E-state index contributed by atoms with van der Waals surface area (Å²) in [5.74, 6) is 0. The van der Waals surface area contributed by atoms with Gasteiger partial charge in [0.2, 0.25) is 5.43 Å². The molecule has 36 heavy (non-hydrogen) atoms. The molecule has 0 bridgehead atoms. The van der Waals surface area contributed by atoms with E-state index in [1.54, 1.807) is 0 Å². The van der Waals surface area contributed by atoms with Gasteiger partial charge in [-0.3, -0.25) is 4.79 Å². The summed E-state index contributed by atoms with van der Waals surface area (Å²) in [6.07, 6.45) is 1.71. The highest BCUT2D eigenvalue weighted by molar-refractivity contribution is 5.93. The summed E-state index contributed by atoms with van der Waals surface area (Å²) in [4.78, 5) is 15.9. The van der Waals surface area contributed by atoms with E-state index in [2.05, 4.69) is 59.5 Å². The van der Waals surface area contributed by atoms with Gasteiger partial charge in [-0.15, -0.1) is 0 Å². The van der Waals surface area contributed by atoms with Gasteiger partial charge in [0, 0.05) is 17.1 Å². The van der Waals surface area contributed by atoms with Crippen LogP contribution >= 0.6 is 0 Å². The van der Waals surface area contributed by atoms with Gasteiger partial charge in [-0.1, -0.05) is 60.7 Å². The first-order valence-corrected chi connectivity index (χ1v) is 12.2. The Morgan fingerprint density at radius 2 is 1.06 bits per heavy atom. The van der Waals surface area contributed by atoms with Gasteiger partial charge in [-0.25, -0.2) is 0 Å². The molecule has 172 valence electrons. The Hall–Kier alpha value is -4.63. The van der Waals surface area contributed by atoms with Gasteiger partial charge >= 0.3 is 0 Å². The molecule has 7 rings (SSSR count). The monoisotopic (exact) mass is 465 g/mol. The van der Waals surface area contributed by atoms with Crippen LogP contribution in [0.1, 0.15) is 22.3 Å². The second-order valence-corrected chi connectivity index (χ2v) is 9.36. The predicted molar refractivity (Wildman–Crippen MR) is 147 cm³/mol. The third-order valence-electron chi connectivity index (χ3n) is 7.14. The first kappa shape index (κ1) is 20.7. The Kier molecular flexibility index (Phi) is 4.74. The zero-order valence-corrected chi connectivity index (χ0v) is 19.6. The number of rotatable bonds is 3. The van der Waals surface area contributed by atoms with Gasteiger partial charge in [0.05, 0.1) is 10.8 Å². The molecule has 0 saturated heterocycles. The van der Waals surface area contributed by atoms with Crippen molar-refractivity contribution in [2.24, 2.45) is 0 Å². The number of nitrogens with zero attached hydrogens (tertiary/aromatic N) is 1. The molecule has 0 unspecified atom stereocenters. The van der Waals surface area contributed by atoms with Crippen molar-refractivity contribution in [3.63, 3.8) is 0 Å². The van der Waals surface area contributed by atoms with Crippen LogP contribution < -0.4 is 10.3 Å². The molecular formula is C33H23NO2. The van der Waals surface area contributed by atoms with E-state index in [1.165, 1.54) is 22.3 Å². The number of hydrogen-bond donors (Lipinski definition) is 0. The number of anilines is 3. The van der Waals surface area contributed by atoms with Crippen molar-refractivity contribution in [2.75, 3.05) is 4.90 Å². The van der Waals surface area contributed by atoms with E-state index >= 15 is 0 Å². The molecule has 0 atom stereocenters. The van der Waals surface area contributed by atoms with Crippen molar-refractivity contribution < 1.29 is 4.42 Å². The maximum atomic E-state index is 13.8. The van der Waals surface area contributed by atoms with Crippen LogP contribution in [0.4, 0.5) is 17.1 Å². The minimum atomic E-state index is 0.0100. The number of fused-ring (bicyclic) bond motifs is 4. The third-order valence-corrected chi connectivity index (χ3v) is 7.14. The molecular weight excluding hydrogens is 442 g/mol. The van der Waals surface area contributed by atoms with Crippen LogP contribution in [0.3, 0.4) is 0 Å². The maximum absolute atomic E-state index is 13.8. The summed E-state index contributed by atoms with van der Waals surface area (Å²) in [5.41, 5.74) is 9.36. The molecule has 1 aromatic heterocycles. The van der Waals surface area contributed by atoms with Gasteiger partial charge in [-0.05, 0) is 89.7 Å². The molecule has 0 spiro atoms. The minimum absolute atomic E-state index is 0.0100. The zero-order chi connectivity index (χ0) is 24.1. The van der Waals surface area contributed by atoms with E-state index in [1.807, 2.05) is 60.7 Å². The minimum Gasteiger partial charge on any atom is -0.456 e. The van der Waals surface area contributed by atoms with Gasteiger partial charge in [-0.2, -0.15) is 0 Å². The molecule has 5 aromatic carbocycles. The fraction of sp³-hybridized carbons (Fsp3) is 0.0606. The van der Waals surface area contributed by atoms with Crippen molar-refractivity contribution in [2.45, 2.75) is 12.8 Å². The highest BCUT2D eigenvalue weighted by Gasteiger charge is 2.19. The summed E-state index contributed by atoms with van der Waals surface area (Å²) in [6.45, 7) is 0. The predicted octanol–water partition coefficient (Wildman–Crippen LogP) is 7.91. The second-order valence-electron chi connectivity index (χ2n) is 9.36. The number of benzene rings is 5. The Balaban J connectivity index is 1.40. The second kappa shape index (κ2) is 8.24. The zero-order valence-electron chi connectivity index (χ0n) is 19.6. The Labute approximate surface area is 208 Å². The average Bonchev–Trinajstić information content (AvgIpc) is 2.93. The van der Waals surface area contributed by atoms with Crippen molar-refractivity contribution in [3.8, 4) is 0 Å². The van der Waals surface area contributed by atoms with Crippen LogP contribution in [-0.4, -0.2) is 0 Å². The normalized spacial score (nSPS) is 12.3. The number of para-hydroxylation sites is 2. The van der Waals surface area contributed by atoms with E-state index in [0.29, 0.717) is 21.9 Å². The topological polar surface area (TPSA) is 33.5 Å². The lowest BCUT2D eigenvalue weighted by Gasteiger charge is -2.25. The molecule has 1 heterocycles. The van der Waals surface area contributed by atoms with Crippen LogP contribution in [0, 0.1) is 0 Å². The van der Waals surface area contributed by atoms with Crippen molar-refractivity contribution >= 4 is 39.0 Å². The van der Waals surface area contributed by atoms with E-state index in [4.69, 9.17) is 4.42 Å². The maximum Gasteiger partial charge on any atom is 0.200 e. The van der Waals surface area contributed by atoms with Gasteiger partial charge < -0.3 is 9.32 Å². The SMILES string of the molecule is O=c1c2cc(N(c3ccccc3)c3ccccc3)ccc2oc2cc3c(cc12)Cc1ccccc1C3. The molecule has 3 nitrogen and oxygen atoms in total. The lowest BCUT2D eigenvalue weighted by molar-refractivity contribution is 0.659. The molecule has 6 aromatic rings. The number of hydrogen-bond acceptors (Lipinski definition) is 3. The van der Waals surface area contributed by atoms with E-state index in [9.17, 15) is 4.79 Å². The van der Waals surface area contributed by atoms with E-state index in [-0.39, 0.29) is 5.43 Å². The largest absolute Gasteiger partial charge is 0.456 e. The van der Waals surface area contributed by atoms with Gasteiger partial charge in [0.25, 0.3) is 0 Å². The quantitative estimate of drug-likeness (QED) is 0.249. The molecule has 1 aliphatic carbocycles. The van der Waals surface area contributed by atoms with Crippen molar-refractivity contribution in [1.82, 2.24) is 0 Å². The van der Waals surface area contributed by atoms with Crippen molar-refractivity contribution in [1.29, 1.82) is 0 Å². The van der Waals surface area contributed by atoms with E-state index < -0.39 is 0 Å². The lowest BCUT2D eigenvalue weighted by atomic mass is 9.85. The van der Waals surface area contributed by atoms with Crippen LogP contribution in [0.15, 0.2) is 124 Å². The summed E-state index contributed by atoms with van der Waals surface area (Å²) < 4.78 is 6.31. The summed E-state index contributed by atoms with van der Waals surface area (Å²) >= 11 is 0. The highest BCUT2D eigenvalue weighted by atomic mass is 16.3. The fourth-order valence-corrected chi connectivity index (χ4v) is 5.36. The fourth-order valence-electron chi connectivity index (χ4n) is 5.36. The average molecular weight is 466 g/mol. The van der Waals surface area contributed by atoms with Gasteiger partial charge in [0.15, 0.2) is 0 Å². The standard InChI is InChI=1S/C33H23NO2/c35-33-29-19-24-17-22-9-7-8-10-23(22)18-25(24)20-32(29)36-31-16-15-28(21-30(31)33)34(26-11-3-1-4-12-26)27-13-5-2-6-14-27/h1-16,19-21H,17-18H2. The molecule has 0 N–H and O–H groups in total. The summed E-state index contributed by atoms with van der Waals surface area (Å²) in [7, 11) is 0. The summed E-state index contributed by atoms with van der Waals surface area (Å²) in [5, 5.41) is 1.23. The molecule has 3 heteroatoms. The molecule has 0 radical (unpaired) electrons. The first-order valence-electron chi connectivity index (χ1n) is 12.2. The van der Waals surface area contributed by atoms with Crippen molar-refractivity contribution in [3.05, 3.63) is 148 Å². The first-order chi connectivity index (χ1) is 17.7. The van der Waals surface area contributed by atoms with E-state index in [0.717, 1.165) is 29.9 Å². The Morgan fingerprint density at radius 1 is 0.500 bits per heavy atom. The lowest BCUT2D eigenvalue weighted by Crippen LogP contribution is -2.12. The Bertz CT molecular complexity index is 1760. The highest BCUT2D eigenvalue weighted by Crippen LogP contribution is 2.36. The smallest absolute Gasteiger partial charge is 0.200 e. The molecule has 0 amide bonds. The van der Waals surface area contributed by atoms with Crippen LogP contribution in [0.2, 0.25) is 0 Å². The van der Waals surface area contributed by atoms with Crippen LogP contribution in [0.25, 0.3) is 21.9 Å². The summed E-state index contributed by atoms with van der Waals surface area (Å²) in [6, 6.07) is 38.9.